The Bertz CT molecular complexity index is 509. The van der Waals surface area contributed by atoms with Gasteiger partial charge >= 0.3 is 0 Å². The number of ether oxygens (including phenoxy) is 2. The van der Waals surface area contributed by atoms with Gasteiger partial charge < -0.3 is 9.47 Å². The Labute approximate surface area is 100 Å². The number of methoxy groups -OCH3 is 2. The maximum atomic E-state index is 5.24. The van der Waals surface area contributed by atoms with E-state index in [1.165, 1.54) is 0 Å². The average molecular weight is 230 g/mol. The summed E-state index contributed by atoms with van der Waals surface area (Å²) in [5.74, 6) is 1.04. The summed E-state index contributed by atoms with van der Waals surface area (Å²) in [7, 11) is 3.16. The summed E-state index contributed by atoms with van der Waals surface area (Å²) in [5.41, 5.74) is 2.81. The van der Waals surface area contributed by atoms with Crippen molar-refractivity contribution in [2.24, 2.45) is 0 Å². The zero-order chi connectivity index (χ0) is 12.3. The molecule has 0 aliphatic rings. The first-order valence-electron chi connectivity index (χ1n) is 5.26. The van der Waals surface area contributed by atoms with E-state index in [0.29, 0.717) is 11.8 Å². The van der Waals surface area contributed by atoms with Crippen molar-refractivity contribution in [3.63, 3.8) is 0 Å². The molecule has 4 heteroatoms. The van der Waals surface area contributed by atoms with Crippen molar-refractivity contribution in [3.05, 3.63) is 36.0 Å². The summed E-state index contributed by atoms with van der Waals surface area (Å²) >= 11 is 0. The van der Waals surface area contributed by atoms with E-state index >= 15 is 0 Å². The van der Waals surface area contributed by atoms with Crippen molar-refractivity contribution in [1.82, 2.24) is 9.97 Å². The summed E-state index contributed by atoms with van der Waals surface area (Å²) in [6.07, 6.45) is 1.82. The molecule has 17 heavy (non-hydrogen) atoms. The molecule has 0 aliphatic heterocycles. The molecule has 2 aromatic rings. The Hall–Kier alpha value is -2.10. The number of hydrogen-bond acceptors (Lipinski definition) is 4. The maximum absolute atomic E-state index is 5.24. The molecule has 0 atom stereocenters. The molecule has 0 amide bonds. The zero-order valence-corrected chi connectivity index (χ0v) is 10.1. The van der Waals surface area contributed by atoms with E-state index in [2.05, 4.69) is 9.97 Å². The van der Waals surface area contributed by atoms with Crippen LogP contribution in [0.5, 0.6) is 11.8 Å². The van der Waals surface area contributed by atoms with Crippen molar-refractivity contribution in [2.75, 3.05) is 14.2 Å². The van der Waals surface area contributed by atoms with Crippen LogP contribution in [0.25, 0.3) is 11.3 Å². The van der Waals surface area contributed by atoms with Gasteiger partial charge in [-0.2, -0.15) is 4.98 Å². The van der Waals surface area contributed by atoms with E-state index in [-0.39, 0.29) is 0 Å². The Morgan fingerprint density at radius 2 is 1.82 bits per heavy atom. The Morgan fingerprint density at radius 1 is 1.00 bits per heavy atom. The second-order valence-corrected chi connectivity index (χ2v) is 3.63. The smallest absolute Gasteiger partial charge is 0.225 e. The normalized spacial score (nSPS) is 10.1. The lowest BCUT2D eigenvalue weighted by Gasteiger charge is -2.08. The molecule has 0 saturated carbocycles. The monoisotopic (exact) mass is 230 g/mol. The van der Waals surface area contributed by atoms with Crippen LogP contribution >= 0.6 is 0 Å². The van der Waals surface area contributed by atoms with Crippen molar-refractivity contribution in [3.8, 4) is 23.0 Å². The van der Waals surface area contributed by atoms with Crippen molar-refractivity contribution >= 4 is 0 Å². The topological polar surface area (TPSA) is 44.2 Å². The van der Waals surface area contributed by atoms with E-state index in [1.54, 1.807) is 20.3 Å². The summed E-state index contributed by atoms with van der Waals surface area (Å²) in [5, 5.41) is 0. The van der Waals surface area contributed by atoms with Crippen LogP contribution in [0.3, 0.4) is 0 Å². The fourth-order valence-corrected chi connectivity index (χ4v) is 1.51. The predicted octanol–water partition coefficient (Wildman–Crippen LogP) is 2.47. The van der Waals surface area contributed by atoms with Gasteiger partial charge in [-0.15, -0.1) is 0 Å². The fraction of sp³-hybridized carbons (Fsp3) is 0.231. The largest absolute Gasteiger partial charge is 0.481 e. The number of hydrogen-bond donors (Lipinski definition) is 0. The summed E-state index contributed by atoms with van der Waals surface area (Å²) in [6.45, 7) is 2.00. The number of rotatable bonds is 3. The Kier molecular flexibility index (Phi) is 3.23. The molecule has 0 spiro atoms. The zero-order valence-electron chi connectivity index (χ0n) is 10.1. The predicted molar refractivity (Wildman–Crippen MR) is 65.3 cm³/mol. The molecule has 88 valence electrons. The van der Waals surface area contributed by atoms with Gasteiger partial charge in [-0.1, -0.05) is 6.07 Å². The van der Waals surface area contributed by atoms with E-state index in [9.17, 15) is 0 Å². The SMILES string of the molecule is COc1ccc(-c2ccc(C)cn2)c(OC)n1. The molecule has 2 aromatic heterocycles. The minimum Gasteiger partial charge on any atom is -0.481 e. The second kappa shape index (κ2) is 4.82. The van der Waals surface area contributed by atoms with Crippen LogP contribution in [0, 0.1) is 6.92 Å². The van der Waals surface area contributed by atoms with Crippen LogP contribution in [0.15, 0.2) is 30.5 Å². The summed E-state index contributed by atoms with van der Waals surface area (Å²) in [4.78, 5) is 8.58. The van der Waals surface area contributed by atoms with Gasteiger partial charge in [0, 0.05) is 12.3 Å². The van der Waals surface area contributed by atoms with Crippen LogP contribution in [0.2, 0.25) is 0 Å². The lowest BCUT2D eigenvalue weighted by Crippen LogP contribution is -1.95. The van der Waals surface area contributed by atoms with Gasteiger partial charge in [0.05, 0.1) is 25.5 Å². The van der Waals surface area contributed by atoms with Gasteiger partial charge in [0.25, 0.3) is 0 Å². The van der Waals surface area contributed by atoms with E-state index in [0.717, 1.165) is 16.8 Å². The standard InChI is InChI=1S/C13H14N2O2/c1-9-4-6-11(14-8-9)10-5-7-12(16-2)15-13(10)17-3/h4-8H,1-3H3. The average Bonchev–Trinajstić information content (AvgIpc) is 2.39. The molecular formula is C13H14N2O2. The van der Waals surface area contributed by atoms with Gasteiger partial charge in [0.2, 0.25) is 11.8 Å². The minimum absolute atomic E-state index is 0.515. The first-order chi connectivity index (χ1) is 8.24. The molecule has 0 saturated heterocycles. The highest BCUT2D eigenvalue weighted by atomic mass is 16.5. The highest BCUT2D eigenvalue weighted by Crippen LogP contribution is 2.28. The molecule has 2 rings (SSSR count). The molecule has 0 fully saturated rings. The summed E-state index contributed by atoms with van der Waals surface area (Å²) < 4.78 is 10.3. The molecular weight excluding hydrogens is 216 g/mol. The van der Waals surface area contributed by atoms with Crippen LogP contribution in [-0.2, 0) is 0 Å². The first kappa shape index (κ1) is 11.4. The Morgan fingerprint density at radius 3 is 2.41 bits per heavy atom. The highest BCUT2D eigenvalue weighted by molar-refractivity contribution is 5.65. The molecule has 0 N–H and O–H groups in total. The van der Waals surface area contributed by atoms with Gasteiger partial charge in [-0.3, -0.25) is 4.98 Å². The van der Waals surface area contributed by atoms with Crippen LogP contribution < -0.4 is 9.47 Å². The third-order valence-corrected chi connectivity index (χ3v) is 2.42. The molecule has 0 bridgehead atoms. The minimum atomic E-state index is 0.515. The molecule has 0 aromatic carbocycles. The number of pyridine rings is 2. The molecule has 0 unspecified atom stereocenters. The summed E-state index contributed by atoms with van der Waals surface area (Å²) in [6, 6.07) is 7.63. The third-order valence-electron chi connectivity index (χ3n) is 2.42. The molecule has 2 heterocycles. The first-order valence-corrected chi connectivity index (χ1v) is 5.26. The fourth-order valence-electron chi connectivity index (χ4n) is 1.51. The van der Waals surface area contributed by atoms with Crippen LogP contribution in [-0.4, -0.2) is 24.2 Å². The van der Waals surface area contributed by atoms with Crippen LogP contribution in [0.1, 0.15) is 5.56 Å². The second-order valence-electron chi connectivity index (χ2n) is 3.63. The van der Waals surface area contributed by atoms with Crippen LogP contribution in [0.4, 0.5) is 0 Å². The third kappa shape index (κ3) is 2.36. The molecule has 0 radical (unpaired) electrons. The molecule has 0 aliphatic carbocycles. The van der Waals surface area contributed by atoms with E-state index < -0.39 is 0 Å². The Balaban J connectivity index is 2.47. The van der Waals surface area contributed by atoms with Gasteiger partial charge in [0.1, 0.15) is 0 Å². The number of aryl methyl sites for hydroxylation is 1. The molecule has 4 nitrogen and oxygen atoms in total. The van der Waals surface area contributed by atoms with Gasteiger partial charge in [0.15, 0.2) is 0 Å². The number of nitrogens with zero attached hydrogens (tertiary/aromatic N) is 2. The van der Waals surface area contributed by atoms with E-state index in [4.69, 9.17) is 9.47 Å². The van der Waals surface area contributed by atoms with Crippen molar-refractivity contribution < 1.29 is 9.47 Å². The van der Waals surface area contributed by atoms with Crippen molar-refractivity contribution in [2.45, 2.75) is 6.92 Å². The van der Waals surface area contributed by atoms with Crippen molar-refractivity contribution in [1.29, 1.82) is 0 Å². The van der Waals surface area contributed by atoms with Gasteiger partial charge in [-0.05, 0) is 24.6 Å². The quantitative estimate of drug-likeness (QED) is 0.812. The number of aromatic nitrogens is 2. The lowest BCUT2D eigenvalue weighted by molar-refractivity contribution is 0.366. The van der Waals surface area contributed by atoms with Gasteiger partial charge in [-0.25, -0.2) is 0 Å². The lowest BCUT2D eigenvalue weighted by atomic mass is 10.1. The highest BCUT2D eigenvalue weighted by Gasteiger charge is 2.09. The maximum Gasteiger partial charge on any atom is 0.225 e. The van der Waals surface area contributed by atoms with E-state index in [1.807, 2.05) is 31.3 Å².